The Balaban J connectivity index is 1.83. The van der Waals surface area contributed by atoms with Crippen molar-refractivity contribution < 1.29 is 14.2 Å². The Hall–Kier alpha value is -0.380. The van der Waals surface area contributed by atoms with Crippen LogP contribution in [0.4, 0.5) is 0 Å². The van der Waals surface area contributed by atoms with Crippen LogP contribution in [0.2, 0.25) is 0 Å². The Morgan fingerprint density at radius 2 is 1.74 bits per heavy atom. The van der Waals surface area contributed by atoms with E-state index in [-0.39, 0.29) is 11.7 Å². The van der Waals surface area contributed by atoms with Gasteiger partial charge in [-0.15, -0.1) is 0 Å². The highest BCUT2D eigenvalue weighted by Crippen LogP contribution is 2.39. The quantitative estimate of drug-likeness (QED) is 0.421. The molecule has 1 fully saturated rings. The average Bonchev–Trinajstić information content (AvgIpc) is 2.89. The summed E-state index contributed by atoms with van der Waals surface area (Å²) < 4.78 is 18.3. The van der Waals surface area contributed by atoms with Gasteiger partial charge >= 0.3 is 0 Å². The van der Waals surface area contributed by atoms with Crippen LogP contribution in [0.3, 0.4) is 0 Å². The third-order valence-corrected chi connectivity index (χ3v) is 5.18. The Morgan fingerprint density at radius 1 is 1.04 bits per heavy atom. The van der Waals surface area contributed by atoms with Crippen LogP contribution < -0.4 is 0 Å². The second-order valence-corrected chi connectivity index (χ2v) is 7.80. The van der Waals surface area contributed by atoms with Gasteiger partial charge < -0.3 is 14.2 Å². The molecule has 0 spiro atoms. The van der Waals surface area contributed by atoms with E-state index < -0.39 is 5.79 Å². The SMILES string of the molecule is CCCCCCCCC[C@]1([C@H]2COC(C)(C)O2)CC=C(C)CO1. The number of hydrogen-bond acceptors (Lipinski definition) is 3. The standard InChI is InChI=1S/C20H36O3/c1-5-6-7-8-9-10-11-13-20(14-12-17(2)15-22-20)18-16-21-19(3,4)23-18/h12,18H,5-11,13-16H2,1-4H3/t18-,20-/m1/s1. The van der Waals surface area contributed by atoms with Crippen molar-refractivity contribution in [1.29, 1.82) is 0 Å². The van der Waals surface area contributed by atoms with E-state index in [1.807, 2.05) is 13.8 Å². The zero-order chi connectivity index (χ0) is 16.8. The summed E-state index contributed by atoms with van der Waals surface area (Å²) in [4.78, 5) is 0. The predicted octanol–water partition coefficient (Wildman–Crippen LogP) is 5.38. The maximum Gasteiger partial charge on any atom is 0.163 e. The molecule has 2 rings (SSSR count). The molecular formula is C20H36O3. The third-order valence-electron chi connectivity index (χ3n) is 5.18. The smallest absolute Gasteiger partial charge is 0.163 e. The Morgan fingerprint density at radius 3 is 2.30 bits per heavy atom. The lowest BCUT2D eigenvalue weighted by atomic mass is 9.84. The zero-order valence-corrected chi connectivity index (χ0v) is 15.7. The molecule has 2 atom stereocenters. The van der Waals surface area contributed by atoms with E-state index >= 15 is 0 Å². The molecule has 0 aromatic carbocycles. The van der Waals surface area contributed by atoms with E-state index in [1.54, 1.807) is 0 Å². The molecule has 1 saturated heterocycles. The molecule has 134 valence electrons. The van der Waals surface area contributed by atoms with E-state index in [9.17, 15) is 0 Å². The monoisotopic (exact) mass is 324 g/mol. The number of hydrogen-bond donors (Lipinski definition) is 0. The summed E-state index contributed by atoms with van der Waals surface area (Å²) in [5.74, 6) is -0.475. The molecule has 0 aromatic rings. The molecule has 23 heavy (non-hydrogen) atoms. The van der Waals surface area contributed by atoms with E-state index in [0.717, 1.165) is 19.4 Å². The van der Waals surface area contributed by atoms with Gasteiger partial charge in [0.2, 0.25) is 0 Å². The average molecular weight is 325 g/mol. The summed E-state index contributed by atoms with van der Waals surface area (Å²) in [6, 6.07) is 0. The van der Waals surface area contributed by atoms with Crippen molar-refractivity contribution in [3.8, 4) is 0 Å². The van der Waals surface area contributed by atoms with Crippen molar-refractivity contribution in [2.75, 3.05) is 13.2 Å². The Labute approximate surface area is 142 Å². The lowest BCUT2D eigenvalue weighted by molar-refractivity contribution is -0.185. The van der Waals surface area contributed by atoms with Gasteiger partial charge in [0, 0.05) is 0 Å². The lowest BCUT2D eigenvalue weighted by Crippen LogP contribution is -2.48. The number of ether oxygens (including phenoxy) is 3. The van der Waals surface area contributed by atoms with Gasteiger partial charge in [0.25, 0.3) is 0 Å². The van der Waals surface area contributed by atoms with E-state index in [2.05, 4.69) is 19.9 Å². The first-order chi connectivity index (χ1) is 11.0. The molecule has 0 amide bonds. The van der Waals surface area contributed by atoms with Crippen molar-refractivity contribution >= 4 is 0 Å². The Kier molecular flexibility index (Phi) is 7.12. The molecule has 2 aliphatic rings. The summed E-state index contributed by atoms with van der Waals surface area (Å²) in [6.07, 6.45) is 13.7. The van der Waals surface area contributed by atoms with Crippen LogP contribution >= 0.6 is 0 Å². The molecule has 3 nitrogen and oxygen atoms in total. The predicted molar refractivity (Wildman–Crippen MR) is 94.6 cm³/mol. The molecule has 3 heteroatoms. The van der Waals surface area contributed by atoms with Crippen LogP contribution in [-0.2, 0) is 14.2 Å². The van der Waals surface area contributed by atoms with Crippen LogP contribution in [0.1, 0.15) is 85.5 Å². The fraction of sp³-hybridized carbons (Fsp3) is 0.900. The van der Waals surface area contributed by atoms with Crippen LogP contribution in [0, 0.1) is 0 Å². The van der Waals surface area contributed by atoms with E-state index in [1.165, 1.54) is 50.5 Å². The molecule has 0 aromatic heterocycles. The highest BCUT2D eigenvalue weighted by atomic mass is 16.8. The van der Waals surface area contributed by atoms with Gasteiger partial charge in [0.15, 0.2) is 5.79 Å². The molecule has 2 aliphatic heterocycles. The molecule has 0 bridgehead atoms. The highest BCUT2D eigenvalue weighted by molar-refractivity contribution is 5.10. The zero-order valence-electron chi connectivity index (χ0n) is 15.7. The topological polar surface area (TPSA) is 27.7 Å². The summed E-state index contributed by atoms with van der Waals surface area (Å²) in [7, 11) is 0. The summed E-state index contributed by atoms with van der Waals surface area (Å²) >= 11 is 0. The van der Waals surface area contributed by atoms with Crippen LogP contribution in [0.5, 0.6) is 0 Å². The normalized spacial score (nSPS) is 30.4. The van der Waals surface area contributed by atoms with Crippen LogP contribution in [0.15, 0.2) is 11.6 Å². The third kappa shape index (κ3) is 5.58. The Bertz CT molecular complexity index is 388. The van der Waals surface area contributed by atoms with Crippen molar-refractivity contribution in [2.24, 2.45) is 0 Å². The number of rotatable bonds is 9. The summed E-state index contributed by atoms with van der Waals surface area (Å²) in [6.45, 7) is 9.79. The van der Waals surface area contributed by atoms with E-state index in [0.29, 0.717) is 6.61 Å². The van der Waals surface area contributed by atoms with Crippen LogP contribution in [0.25, 0.3) is 0 Å². The second-order valence-electron chi connectivity index (χ2n) is 7.80. The minimum atomic E-state index is -0.475. The van der Waals surface area contributed by atoms with Crippen molar-refractivity contribution in [3.63, 3.8) is 0 Å². The van der Waals surface area contributed by atoms with E-state index in [4.69, 9.17) is 14.2 Å². The van der Waals surface area contributed by atoms with Gasteiger partial charge in [-0.3, -0.25) is 0 Å². The fourth-order valence-corrected chi connectivity index (χ4v) is 3.61. The van der Waals surface area contributed by atoms with Crippen molar-refractivity contribution in [2.45, 2.75) is 103 Å². The largest absolute Gasteiger partial charge is 0.368 e. The van der Waals surface area contributed by atoms with Crippen molar-refractivity contribution in [3.05, 3.63) is 11.6 Å². The maximum atomic E-state index is 6.33. The first-order valence-electron chi connectivity index (χ1n) is 9.59. The van der Waals surface area contributed by atoms with Gasteiger partial charge in [-0.25, -0.2) is 0 Å². The minimum Gasteiger partial charge on any atom is -0.368 e. The first kappa shape index (κ1) is 19.0. The van der Waals surface area contributed by atoms with Gasteiger partial charge in [-0.2, -0.15) is 0 Å². The number of unbranched alkanes of at least 4 members (excludes halogenated alkanes) is 6. The van der Waals surface area contributed by atoms with Crippen molar-refractivity contribution in [1.82, 2.24) is 0 Å². The molecule has 0 saturated carbocycles. The molecule has 0 aliphatic carbocycles. The molecule has 0 N–H and O–H groups in total. The summed E-state index contributed by atoms with van der Waals surface area (Å²) in [5, 5.41) is 0. The minimum absolute atomic E-state index is 0.0574. The van der Waals surface area contributed by atoms with Gasteiger partial charge in [0.1, 0.15) is 11.7 Å². The molecule has 0 radical (unpaired) electrons. The fourth-order valence-electron chi connectivity index (χ4n) is 3.61. The van der Waals surface area contributed by atoms with Gasteiger partial charge in [-0.05, 0) is 33.6 Å². The first-order valence-corrected chi connectivity index (χ1v) is 9.59. The molecular weight excluding hydrogens is 288 g/mol. The molecule has 2 heterocycles. The van der Waals surface area contributed by atoms with Crippen LogP contribution in [-0.4, -0.2) is 30.7 Å². The highest BCUT2D eigenvalue weighted by Gasteiger charge is 2.48. The van der Waals surface area contributed by atoms with Gasteiger partial charge in [0.05, 0.1) is 13.2 Å². The maximum absolute atomic E-state index is 6.33. The lowest BCUT2D eigenvalue weighted by Gasteiger charge is -2.40. The molecule has 0 unspecified atom stereocenters. The second kappa shape index (κ2) is 8.64. The van der Waals surface area contributed by atoms with Gasteiger partial charge in [-0.1, -0.05) is 63.5 Å². The summed E-state index contributed by atoms with van der Waals surface area (Å²) in [5.41, 5.74) is 1.15.